The van der Waals surface area contributed by atoms with Gasteiger partial charge in [0.2, 0.25) is 0 Å². The van der Waals surface area contributed by atoms with E-state index in [1.165, 1.54) is 0 Å². The van der Waals surface area contributed by atoms with Gasteiger partial charge in [-0.2, -0.15) is 0 Å². The van der Waals surface area contributed by atoms with Crippen molar-refractivity contribution in [2.24, 2.45) is 0 Å². The van der Waals surface area contributed by atoms with Crippen LogP contribution in [0, 0.1) is 0 Å². The number of aldehydes is 1. The quantitative estimate of drug-likeness (QED) is 0.681. The Bertz CT molecular complexity index is 469. The first-order valence-electron chi connectivity index (χ1n) is 5.88. The van der Waals surface area contributed by atoms with E-state index in [-0.39, 0.29) is 0 Å². The third-order valence-corrected chi connectivity index (χ3v) is 2.46. The number of nitrogens with one attached hydrogen (secondary N) is 1. The molecule has 1 N–H and O–H groups in total. The summed E-state index contributed by atoms with van der Waals surface area (Å²) in [5.41, 5.74) is 0.768. The topological polar surface area (TPSA) is 68.3 Å². The van der Waals surface area contributed by atoms with Crippen LogP contribution < -0.4 is 5.32 Å². The first-order chi connectivity index (χ1) is 8.80. The fourth-order valence-corrected chi connectivity index (χ4v) is 1.87. The third-order valence-electron chi connectivity index (χ3n) is 2.05. The summed E-state index contributed by atoms with van der Waals surface area (Å²) in [7, 11) is 0. The van der Waals surface area contributed by atoms with Gasteiger partial charge in [-0.25, -0.2) is 9.78 Å². The van der Waals surface area contributed by atoms with Crippen LogP contribution in [0.25, 0.3) is 0 Å². The van der Waals surface area contributed by atoms with Crippen LogP contribution >= 0.6 is 15.9 Å². The molecule has 0 fully saturated rings. The molecule has 6 heteroatoms. The molecule has 0 atom stereocenters. The average molecular weight is 329 g/mol. The summed E-state index contributed by atoms with van der Waals surface area (Å²) in [6.07, 6.45) is 0.828. The zero-order chi connectivity index (χ0) is 14.5. The Hall–Kier alpha value is -1.43. The molecule has 1 aromatic heterocycles. The van der Waals surface area contributed by atoms with Gasteiger partial charge in [-0.05, 0) is 48.8 Å². The van der Waals surface area contributed by atoms with Crippen LogP contribution in [0.1, 0.15) is 36.8 Å². The second-order valence-corrected chi connectivity index (χ2v) is 5.82. The van der Waals surface area contributed by atoms with Crippen molar-refractivity contribution in [3.05, 3.63) is 28.0 Å². The molecule has 1 rings (SSSR count). The van der Waals surface area contributed by atoms with Crippen molar-refractivity contribution in [2.75, 3.05) is 6.54 Å². The molecule has 0 saturated carbocycles. The molecule has 0 aliphatic rings. The lowest BCUT2D eigenvalue weighted by Gasteiger charge is -2.19. The van der Waals surface area contributed by atoms with Crippen molar-refractivity contribution < 1.29 is 14.3 Å². The van der Waals surface area contributed by atoms with E-state index in [4.69, 9.17) is 4.74 Å². The summed E-state index contributed by atoms with van der Waals surface area (Å²) in [5, 5.41) is 2.64. The highest BCUT2D eigenvalue weighted by atomic mass is 79.9. The summed E-state index contributed by atoms with van der Waals surface area (Å²) in [6.45, 7) is 5.81. The maximum atomic E-state index is 11.4. The van der Waals surface area contributed by atoms with Crippen LogP contribution in [0.5, 0.6) is 0 Å². The normalized spacial score (nSPS) is 10.9. The molecule has 1 amide bonds. The van der Waals surface area contributed by atoms with Crippen LogP contribution in [0.2, 0.25) is 0 Å². The third kappa shape index (κ3) is 6.33. The standard InChI is InChI=1S/C13H17BrN2O3/c1-13(2,3)19-12(18)15-5-4-10-6-9(8-17)7-11(14)16-10/h6-8H,4-5H2,1-3H3,(H,15,18). The van der Waals surface area contributed by atoms with E-state index in [1.807, 2.05) is 0 Å². The highest BCUT2D eigenvalue weighted by Gasteiger charge is 2.15. The van der Waals surface area contributed by atoms with Gasteiger partial charge in [-0.15, -0.1) is 0 Å². The highest BCUT2D eigenvalue weighted by Crippen LogP contribution is 2.11. The summed E-state index contributed by atoms with van der Waals surface area (Å²) in [5.74, 6) is 0. The van der Waals surface area contributed by atoms with Crippen LogP contribution in [0.4, 0.5) is 4.79 Å². The fourth-order valence-electron chi connectivity index (χ4n) is 1.38. The van der Waals surface area contributed by atoms with Crippen molar-refractivity contribution >= 4 is 28.3 Å². The fraction of sp³-hybridized carbons (Fsp3) is 0.462. The van der Waals surface area contributed by atoms with Crippen molar-refractivity contribution in [3.8, 4) is 0 Å². The number of pyridine rings is 1. The van der Waals surface area contributed by atoms with Gasteiger partial charge in [0.1, 0.15) is 16.5 Å². The van der Waals surface area contributed by atoms with Gasteiger partial charge in [-0.1, -0.05) is 0 Å². The van der Waals surface area contributed by atoms with Crippen molar-refractivity contribution in [1.82, 2.24) is 10.3 Å². The Labute approximate surface area is 120 Å². The van der Waals surface area contributed by atoms with Crippen LogP contribution in [0.3, 0.4) is 0 Å². The van der Waals surface area contributed by atoms with Crippen LogP contribution in [-0.4, -0.2) is 29.5 Å². The molecule has 0 saturated heterocycles. The minimum Gasteiger partial charge on any atom is -0.444 e. The molecule has 19 heavy (non-hydrogen) atoms. The number of amides is 1. The molecule has 1 aromatic rings. The maximum Gasteiger partial charge on any atom is 0.407 e. The number of carbonyl (C=O) groups excluding carboxylic acids is 2. The van der Waals surface area contributed by atoms with Gasteiger partial charge in [0.25, 0.3) is 0 Å². The number of nitrogens with zero attached hydrogens (tertiary/aromatic N) is 1. The lowest BCUT2D eigenvalue weighted by atomic mass is 10.2. The maximum absolute atomic E-state index is 11.4. The van der Waals surface area contributed by atoms with Gasteiger partial charge < -0.3 is 10.1 Å². The molecule has 104 valence electrons. The zero-order valence-corrected chi connectivity index (χ0v) is 12.8. The van der Waals surface area contributed by atoms with Gasteiger partial charge >= 0.3 is 6.09 Å². The second-order valence-electron chi connectivity index (χ2n) is 5.01. The Balaban J connectivity index is 2.47. The van der Waals surface area contributed by atoms with Gasteiger partial charge in [0, 0.05) is 24.2 Å². The molecular weight excluding hydrogens is 312 g/mol. The van der Waals surface area contributed by atoms with E-state index in [0.717, 1.165) is 12.0 Å². The number of alkyl carbamates (subject to hydrolysis) is 1. The van der Waals surface area contributed by atoms with E-state index in [1.54, 1.807) is 32.9 Å². The van der Waals surface area contributed by atoms with Gasteiger partial charge in [-0.3, -0.25) is 4.79 Å². The molecule has 0 spiro atoms. The zero-order valence-electron chi connectivity index (χ0n) is 11.2. The molecule has 0 aromatic carbocycles. The number of carbonyl (C=O) groups is 2. The van der Waals surface area contributed by atoms with Crippen LogP contribution in [0.15, 0.2) is 16.7 Å². The molecule has 1 heterocycles. The first kappa shape index (κ1) is 15.6. The van der Waals surface area contributed by atoms with E-state index >= 15 is 0 Å². The molecule has 0 aliphatic carbocycles. The van der Waals surface area contributed by atoms with Crippen molar-refractivity contribution in [2.45, 2.75) is 32.8 Å². The molecule has 0 unspecified atom stereocenters. The van der Waals surface area contributed by atoms with E-state index in [2.05, 4.69) is 26.2 Å². The largest absolute Gasteiger partial charge is 0.444 e. The Morgan fingerprint density at radius 2 is 2.16 bits per heavy atom. The minimum absolute atomic E-state index is 0.399. The second kappa shape index (κ2) is 6.65. The summed E-state index contributed by atoms with van der Waals surface area (Å²) in [6, 6.07) is 3.33. The molecule has 0 bridgehead atoms. The summed E-state index contributed by atoms with van der Waals surface area (Å²) >= 11 is 3.23. The Kier molecular flexibility index (Phi) is 5.47. The highest BCUT2D eigenvalue weighted by molar-refractivity contribution is 9.10. The predicted octanol–water partition coefficient (Wildman–Crippen LogP) is 2.72. The molecule has 5 nitrogen and oxygen atoms in total. The van der Waals surface area contributed by atoms with E-state index < -0.39 is 11.7 Å². The monoisotopic (exact) mass is 328 g/mol. The minimum atomic E-state index is -0.511. The van der Waals surface area contributed by atoms with Crippen LogP contribution in [-0.2, 0) is 11.2 Å². The summed E-state index contributed by atoms with van der Waals surface area (Å²) < 4.78 is 5.71. The Morgan fingerprint density at radius 3 is 2.74 bits per heavy atom. The molecule has 0 aliphatic heterocycles. The predicted molar refractivity (Wildman–Crippen MR) is 75.3 cm³/mol. The number of aromatic nitrogens is 1. The SMILES string of the molecule is CC(C)(C)OC(=O)NCCc1cc(C=O)cc(Br)n1. The lowest BCUT2D eigenvalue weighted by molar-refractivity contribution is 0.0528. The first-order valence-corrected chi connectivity index (χ1v) is 6.68. The smallest absolute Gasteiger partial charge is 0.407 e. The summed E-state index contributed by atoms with van der Waals surface area (Å²) in [4.78, 5) is 26.3. The number of hydrogen-bond donors (Lipinski definition) is 1. The van der Waals surface area contributed by atoms with E-state index in [9.17, 15) is 9.59 Å². The number of halogens is 1. The number of hydrogen-bond acceptors (Lipinski definition) is 4. The molecule has 0 radical (unpaired) electrons. The van der Waals surface area contributed by atoms with Crippen molar-refractivity contribution in [3.63, 3.8) is 0 Å². The lowest BCUT2D eigenvalue weighted by Crippen LogP contribution is -2.33. The Morgan fingerprint density at radius 1 is 1.47 bits per heavy atom. The number of ether oxygens (including phenoxy) is 1. The van der Waals surface area contributed by atoms with Crippen molar-refractivity contribution in [1.29, 1.82) is 0 Å². The van der Waals surface area contributed by atoms with Gasteiger partial charge in [0.15, 0.2) is 0 Å². The van der Waals surface area contributed by atoms with E-state index in [0.29, 0.717) is 23.1 Å². The molecular formula is C13H17BrN2O3. The van der Waals surface area contributed by atoms with Gasteiger partial charge in [0.05, 0.1) is 0 Å². The number of rotatable bonds is 4. The average Bonchev–Trinajstić information content (AvgIpc) is 2.25.